The number of halogens is 10. The molecule has 0 bridgehead atoms. The van der Waals surface area contributed by atoms with E-state index in [0.717, 1.165) is 18.1 Å². The van der Waals surface area contributed by atoms with E-state index in [1.54, 1.807) is 6.08 Å². The Labute approximate surface area is 370 Å². The fourth-order valence-corrected chi connectivity index (χ4v) is 10.3. The molecule has 62 heavy (non-hydrogen) atoms. The minimum Gasteiger partial charge on any atom is -0.503 e. The predicted octanol–water partition coefficient (Wildman–Crippen LogP) is 8.99. The Bertz CT molecular complexity index is 2620. The van der Waals surface area contributed by atoms with E-state index in [9.17, 15) is 45.8 Å². The monoisotopic (exact) mass is 986 g/mol. The number of fused-ring (bicyclic) bond motifs is 4. The second kappa shape index (κ2) is 15.3. The van der Waals surface area contributed by atoms with E-state index < -0.39 is 98.9 Å². The van der Waals surface area contributed by atoms with Gasteiger partial charge < -0.3 is 9.84 Å². The van der Waals surface area contributed by atoms with Gasteiger partial charge in [0.1, 0.15) is 5.69 Å². The minimum atomic E-state index is -4.90. The van der Waals surface area contributed by atoms with Crippen LogP contribution in [0.5, 0.6) is 11.5 Å². The highest BCUT2D eigenvalue weighted by Gasteiger charge is 2.71. The van der Waals surface area contributed by atoms with Crippen LogP contribution in [0, 0.1) is 23.7 Å². The molecule has 3 fully saturated rings. The van der Waals surface area contributed by atoms with E-state index in [0.29, 0.717) is 39.5 Å². The van der Waals surface area contributed by atoms with Gasteiger partial charge in [0.25, 0.3) is 23.6 Å². The third-order valence-corrected chi connectivity index (χ3v) is 13.3. The number of amides is 4. The SMILES string of the molecule is COc1cc([C@H]2C3=CC[C@@H]4C(=O)N(N(C)c5nc(C(F)(F)F)ccc5Cl)C(=O)[C@@H]4[C@@H]3C[C@H]3C(=O)N(Nc4ncc(C(F)(F)F)cc4Cl)C(=O)[C@@]23c2ccc(Cl)cc2)cc(Br)c1O. The Morgan fingerprint density at radius 2 is 1.61 bits per heavy atom. The van der Waals surface area contributed by atoms with Crippen molar-refractivity contribution >= 4 is 86.0 Å². The first-order valence-electron chi connectivity index (χ1n) is 18.4. The minimum absolute atomic E-state index is 0.0496. The van der Waals surface area contributed by atoms with Crippen LogP contribution >= 0.6 is 50.7 Å². The van der Waals surface area contributed by atoms with Gasteiger partial charge in [0.15, 0.2) is 23.1 Å². The first kappa shape index (κ1) is 43.5. The average Bonchev–Trinajstić information content (AvgIpc) is 3.59. The maximum absolute atomic E-state index is 15.4. The molecule has 1 saturated carbocycles. The first-order valence-corrected chi connectivity index (χ1v) is 20.3. The summed E-state index contributed by atoms with van der Waals surface area (Å²) >= 11 is 22.2. The zero-order valence-electron chi connectivity index (χ0n) is 31.7. The first-order chi connectivity index (χ1) is 29.1. The maximum Gasteiger partial charge on any atom is 0.433 e. The molecule has 4 heterocycles. The van der Waals surface area contributed by atoms with Gasteiger partial charge >= 0.3 is 12.4 Å². The predicted molar refractivity (Wildman–Crippen MR) is 214 cm³/mol. The number of imide groups is 2. The average molecular weight is 989 g/mol. The molecular formula is C40H28BrCl3F6N6O6. The lowest BCUT2D eigenvalue weighted by Crippen LogP contribution is -2.53. The summed E-state index contributed by atoms with van der Waals surface area (Å²) in [5.41, 5.74) is -0.943. The topological polar surface area (TPSA) is 145 Å². The molecule has 4 aromatic rings. The van der Waals surface area contributed by atoms with Gasteiger partial charge in [-0.25, -0.2) is 9.97 Å². The number of nitrogens with zero attached hydrogens (tertiary/aromatic N) is 5. The van der Waals surface area contributed by atoms with Crippen LogP contribution in [0.4, 0.5) is 38.0 Å². The number of benzene rings is 2. The fourth-order valence-electron chi connectivity index (χ4n) is 9.26. The van der Waals surface area contributed by atoms with E-state index in [2.05, 4.69) is 31.3 Å². The molecule has 6 atom stereocenters. The molecule has 2 aliphatic heterocycles. The van der Waals surface area contributed by atoms with E-state index in [-0.39, 0.29) is 44.4 Å². The largest absolute Gasteiger partial charge is 0.503 e. The second-order valence-corrected chi connectivity index (χ2v) is 17.1. The summed E-state index contributed by atoms with van der Waals surface area (Å²) in [5, 5.41) is 12.4. The number of hydrazine groups is 2. The van der Waals surface area contributed by atoms with Crippen LogP contribution in [0.25, 0.3) is 0 Å². The summed E-state index contributed by atoms with van der Waals surface area (Å²) in [7, 11) is 2.45. The van der Waals surface area contributed by atoms with Crippen LogP contribution in [-0.4, -0.2) is 62.9 Å². The normalized spacial score (nSPS) is 24.8. The lowest BCUT2D eigenvalue weighted by molar-refractivity contribution is -0.142. The number of nitrogens with one attached hydrogen (secondary N) is 1. The Hall–Kier alpha value is -5.11. The number of phenols is 1. The van der Waals surface area contributed by atoms with E-state index in [1.807, 2.05) is 0 Å². The molecule has 0 spiro atoms. The zero-order valence-corrected chi connectivity index (χ0v) is 35.5. The molecule has 4 aliphatic rings. The standard InChI is InChI=1S/C40H28BrCl3F6N6O6/c1-54(33-25(43)9-10-28(52-33)40(48,49)50)56-34(58)21-8-7-20-22(29(21)36(56)60)14-23-35(59)55(53-32-26(44)13-18(15-51-32)39(45,46)47)37(61)38(23,17-3-5-19(42)6-4-17)30(20)16-11-24(41)31(57)27(12-16)62-2/h3-7,9-13,15,21-23,29-30,57H,8,14H2,1-2H3,(H,51,53)/t21-,22+,23-,29-,30-,38+/m0/s1. The van der Waals surface area contributed by atoms with Crippen LogP contribution in [0.2, 0.25) is 15.1 Å². The van der Waals surface area contributed by atoms with Crippen molar-refractivity contribution in [2.45, 2.75) is 36.5 Å². The Balaban J connectivity index is 1.30. The fraction of sp³-hybridized carbons (Fsp3) is 0.300. The Kier molecular flexibility index (Phi) is 10.7. The summed E-state index contributed by atoms with van der Waals surface area (Å²) in [6.45, 7) is 0. The number of anilines is 2. The molecule has 2 aromatic heterocycles. The van der Waals surface area contributed by atoms with E-state index >= 15 is 4.79 Å². The smallest absolute Gasteiger partial charge is 0.433 e. The highest BCUT2D eigenvalue weighted by Crippen LogP contribution is 2.65. The lowest BCUT2D eigenvalue weighted by Gasteiger charge is -2.50. The number of aromatic hydroxyl groups is 1. The number of pyridine rings is 2. The molecule has 0 radical (unpaired) electrons. The van der Waals surface area contributed by atoms with Crippen molar-refractivity contribution in [2.24, 2.45) is 23.7 Å². The van der Waals surface area contributed by atoms with Crippen molar-refractivity contribution in [3.8, 4) is 11.5 Å². The number of methoxy groups -OCH3 is 1. The molecule has 8 rings (SSSR count). The number of ether oxygens (including phenoxy) is 1. The number of allylic oxidation sites excluding steroid dienone is 2. The van der Waals surface area contributed by atoms with Gasteiger partial charge in [-0.05, 0) is 88.3 Å². The van der Waals surface area contributed by atoms with Gasteiger partial charge in [0, 0.05) is 24.2 Å². The van der Waals surface area contributed by atoms with Gasteiger partial charge in [-0.1, -0.05) is 58.6 Å². The van der Waals surface area contributed by atoms with Crippen molar-refractivity contribution in [1.29, 1.82) is 0 Å². The molecule has 4 amide bonds. The number of rotatable bonds is 7. The summed E-state index contributed by atoms with van der Waals surface area (Å²) < 4.78 is 87.5. The number of aromatic nitrogens is 2. The van der Waals surface area contributed by atoms with Crippen LogP contribution in [0.3, 0.4) is 0 Å². The number of alkyl halides is 6. The molecule has 0 unspecified atom stereocenters. The quantitative estimate of drug-likeness (QED) is 0.105. The molecule has 324 valence electrons. The van der Waals surface area contributed by atoms with Crippen LogP contribution in [-0.2, 0) is 36.9 Å². The summed E-state index contributed by atoms with van der Waals surface area (Å²) in [5.74, 6) is -10.7. The highest BCUT2D eigenvalue weighted by atomic mass is 79.9. The van der Waals surface area contributed by atoms with Gasteiger partial charge in [0.2, 0.25) is 0 Å². The van der Waals surface area contributed by atoms with Crippen molar-refractivity contribution in [1.82, 2.24) is 20.0 Å². The zero-order chi connectivity index (χ0) is 45.0. The molecular weight excluding hydrogens is 961 g/mol. The van der Waals surface area contributed by atoms with Gasteiger partial charge in [-0.2, -0.15) is 36.4 Å². The number of carbonyl (C=O) groups is 4. The summed E-state index contributed by atoms with van der Waals surface area (Å²) in [6, 6.07) is 11.1. The second-order valence-electron chi connectivity index (χ2n) is 15.0. The summed E-state index contributed by atoms with van der Waals surface area (Å²) in [4.78, 5) is 66.7. The van der Waals surface area contributed by atoms with Crippen molar-refractivity contribution in [2.75, 3.05) is 24.6 Å². The summed E-state index contributed by atoms with van der Waals surface area (Å²) in [6.07, 6.45) is -7.93. The van der Waals surface area contributed by atoms with Crippen LogP contribution in [0.1, 0.15) is 41.1 Å². The van der Waals surface area contributed by atoms with Gasteiger partial charge in [-0.15, -0.1) is 0 Å². The third kappa shape index (κ3) is 6.73. The van der Waals surface area contributed by atoms with Crippen molar-refractivity contribution in [3.63, 3.8) is 0 Å². The van der Waals surface area contributed by atoms with Crippen molar-refractivity contribution in [3.05, 3.63) is 114 Å². The van der Waals surface area contributed by atoms with Gasteiger partial charge in [0.05, 0.1) is 50.4 Å². The lowest BCUT2D eigenvalue weighted by atomic mass is 9.49. The number of carbonyl (C=O) groups excluding carboxylic acids is 4. The molecule has 2 saturated heterocycles. The van der Waals surface area contributed by atoms with Crippen LogP contribution < -0.4 is 15.2 Å². The van der Waals surface area contributed by atoms with Gasteiger partial charge in [-0.3, -0.25) is 29.6 Å². The molecule has 2 aliphatic carbocycles. The highest BCUT2D eigenvalue weighted by molar-refractivity contribution is 9.10. The van der Waals surface area contributed by atoms with Crippen LogP contribution in [0.15, 0.2) is 76.9 Å². The van der Waals surface area contributed by atoms with E-state index in [1.165, 1.54) is 43.5 Å². The molecule has 12 nitrogen and oxygen atoms in total. The molecule has 22 heteroatoms. The Morgan fingerprint density at radius 1 is 0.919 bits per heavy atom. The number of hydrogen-bond donors (Lipinski definition) is 2. The number of phenolic OH excluding ortho intramolecular Hbond substituents is 1. The number of hydrogen-bond acceptors (Lipinski definition) is 10. The maximum atomic E-state index is 15.4. The molecule has 2 N–H and O–H groups in total. The molecule has 2 aromatic carbocycles. The Morgan fingerprint density at radius 3 is 2.24 bits per heavy atom. The van der Waals surface area contributed by atoms with E-state index in [4.69, 9.17) is 39.5 Å². The van der Waals surface area contributed by atoms with Crippen molar-refractivity contribution < 1.29 is 55.4 Å². The third-order valence-electron chi connectivity index (χ3n) is 11.9.